The van der Waals surface area contributed by atoms with E-state index < -0.39 is 17.8 Å². The van der Waals surface area contributed by atoms with Crippen LogP contribution in [0.5, 0.6) is 5.88 Å². The van der Waals surface area contributed by atoms with Gasteiger partial charge in [-0.3, -0.25) is 0 Å². The molecule has 4 rings (SSSR count). The van der Waals surface area contributed by atoms with Crippen LogP contribution in [0.25, 0.3) is 5.95 Å². The van der Waals surface area contributed by atoms with Crippen LogP contribution in [0.4, 0.5) is 0 Å². The van der Waals surface area contributed by atoms with Gasteiger partial charge in [-0.2, -0.15) is 10.1 Å². The Balaban J connectivity index is 2.01. The Labute approximate surface area is 160 Å². The van der Waals surface area contributed by atoms with Crippen molar-refractivity contribution in [3.05, 3.63) is 102 Å². The summed E-state index contributed by atoms with van der Waals surface area (Å²) < 4.78 is 1.38. The molecule has 0 saturated heterocycles. The summed E-state index contributed by atoms with van der Waals surface area (Å²) >= 11 is 0. The number of rotatable bonds is 5. The molecule has 0 saturated carbocycles. The predicted octanol–water partition coefficient (Wildman–Crippen LogP) is 3.25. The third kappa shape index (κ3) is 3.21. The van der Waals surface area contributed by atoms with E-state index in [1.807, 2.05) is 60.7 Å². The molecule has 0 bridgehead atoms. The zero-order valence-corrected chi connectivity index (χ0v) is 14.7. The Bertz CT molecular complexity index is 1060. The molecule has 0 unspecified atom stereocenters. The van der Waals surface area contributed by atoms with E-state index in [2.05, 4.69) is 15.1 Å². The van der Waals surface area contributed by atoms with Crippen molar-refractivity contribution in [2.45, 2.75) is 5.92 Å². The second-order valence-electron chi connectivity index (χ2n) is 6.12. The Morgan fingerprint density at radius 1 is 0.893 bits per heavy atom. The van der Waals surface area contributed by atoms with Crippen molar-refractivity contribution in [2.24, 2.45) is 0 Å². The number of carboxylic acid groups (broad SMARTS) is 1. The van der Waals surface area contributed by atoms with Crippen molar-refractivity contribution in [2.75, 3.05) is 0 Å². The van der Waals surface area contributed by atoms with Crippen molar-refractivity contribution in [1.29, 1.82) is 0 Å². The van der Waals surface area contributed by atoms with Gasteiger partial charge in [0, 0.05) is 12.4 Å². The van der Waals surface area contributed by atoms with Gasteiger partial charge in [-0.15, -0.1) is 0 Å². The molecule has 0 aliphatic heterocycles. The lowest BCUT2D eigenvalue weighted by molar-refractivity contribution is 0.0690. The van der Waals surface area contributed by atoms with Crippen LogP contribution >= 0.6 is 0 Å². The molecule has 0 aliphatic carbocycles. The van der Waals surface area contributed by atoms with E-state index in [1.165, 1.54) is 4.68 Å². The van der Waals surface area contributed by atoms with Crippen molar-refractivity contribution in [3.63, 3.8) is 0 Å². The zero-order valence-electron chi connectivity index (χ0n) is 14.7. The molecule has 0 aliphatic rings. The van der Waals surface area contributed by atoms with E-state index >= 15 is 0 Å². The van der Waals surface area contributed by atoms with Crippen LogP contribution in [0.1, 0.15) is 33.1 Å². The van der Waals surface area contributed by atoms with E-state index in [-0.39, 0.29) is 17.2 Å². The highest BCUT2D eigenvalue weighted by atomic mass is 16.4. The fourth-order valence-corrected chi connectivity index (χ4v) is 3.16. The van der Waals surface area contributed by atoms with Gasteiger partial charge in [0.1, 0.15) is 5.56 Å². The number of nitrogens with zero attached hydrogens (tertiary/aromatic N) is 4. The van der Waals surface area contributed by atoms with Crippen LogP contribution in [0.2, 0.25) is 0 Å². The summed E-state index contributed by atoms with van der Waals surface area (Å²) in [5.41, 5.74) is 1.57. The van der Waals surface area contributed by atoms with Gasteiger partial charge in [-0.1, -0.05) is 60.7 Å². The minimum absolute atomic E-state index is 0.0966. The quantitative estimate of drug-likeness (QED) is 0.558. The number of aromatic hydroxyl groups is 1. The van der Waals surface area contributed by atoms with Crippen LogP contribution in [0.15, 0.2) is 79.1 Å². The monoisotopic (exact) mass is 372 g/mol. The standard InChI is InChI=1S/C21H16N4O3/c26-19-17(20(27)28)18(23-21(24-19)25-13-7-12-22-25)16(14-8-3-1-4-9-14)15-10-5-2-6-11-15/h1-13,16H,(H,27,28)(H,23,24,26). The summed E-state index contributed by atoms with van der Waals surface area (Å²) in [6, 6.07) is 20.6. The zero-order chi connectivity index (χ0) is 19.5. The highest BCUT2D eigenvalue weighted by Crippen LogP contribution is 2.35. The van der Waals surface area contributed by atoms with Crippen LogP contribution in [-0.2, 0) is 0 Å². The van der Waals surface area contributed by atoms with Crippen LogP contribution in [0.3, 0.4) is 0 Å². The molecule has 28 heavy (non-hydrogen) atoms. The first kappa shape index (κ1) is 17.4. The third-order valence-corrected chi connectivity index (χ3v) is 4.37. The summed E-state index contributed by atoms with van der Waals surface area (Å²) in [5, 5.41) is 24.2. The molecule has 2 aromatic carbocycles. The molecule has 0 spiro atoms. The molecule has 2 aromatic heterocycles. The van der Waals surface area contributed by atoms with Gasteiger partial charge in [-0.25, -0.2) is 14.5 Å². The Morgan fingerprint density at radius 3 is 2.00 bits per heavy atom. The summed E-state index contributed by atoms with van der Waals surface area (Å²) in [5.74, 6) is -2.30. The first-order valence-corrected chi connectivity index (χ1v) is 8.59. The Morgan fingerprint density at radius 2 is 1.50 bits per heavy atom. The van der Waals surface area contributed by atoms with E-state index in [0.29, 0.717) is 0 Å². The second-order valence-corrected chi connectivity index (χ2v) is 6.12. The maximum Gasteiger partial charge on any atom is 0.343 e. The fraction of sp³-hybridized carbons (Fsp3) is 0.0476. The fourth-order valence-electron chi connectivity index (χ4n) is 3.16. The number of aromatic carboxylic acids is 1. The van der Waals surface area contributed by atoms with Crippen LogP contribution in [-0.4, -0.2) is 35.9 Å². The molecule has 138 valence electrons. The lowest BCUT2D eigenvalue weighted by atomic mass is 9.86. The SMILES string of the molecule is O=C(O)c1c(O)nc(-n2cccn2)nc1C(c1ccccc1)c1ccccc1. The van der Waals surface area contributed by atoms with Crippen molar-refractivity contribution in [1.82, 2.24) is 19.7 Å². The first-order valence-electron chi connectivity index (χ1n) is 8.59. The minimum atomic E-state index is -1.30. The maximum atomic E-state index is 11.9. The molecule has 0 fully saturated rings. The number of carbonyl (C=O) groups is 1. The van der Waals surface area contributed by atoms with Crippen molar-refractivity contribution in [3.8, 4) is 11.8 Å². The lowest BCUT2D eigenvalue weighted by Crippen LogP contribution is -2.16. The predicted molar refractivity (Wildman–Crippen MR) is 102 cm³/mol. The van der Waals surface area contributed by atoms with Gasteiger partial charge in [0.2, 0.25) is 5.88 Å². The molecule has 0 atom stereocenters. The average molecular weight is 372 g/mol. The maximum absolute atomic E-state index is 11.9. The van der Waals surface area contributed by atoms with E-state index in [0.717, 1.165) is 11.1 Å². The van der Waals surface area contributed by atoms with Crippen LogP contribution in [0, 0.1) is 0 Å². The topological polar surface area (TPSA) is 101 Å². The molecule has 7 heteroatoms. The van der Waals surface area contributed by atoms with Gasteiger partial charge in [0.05, 0.1) is 11.6 Å². The highest BCUT2D eigenvalue weighted by Gasteiger charge is 2.29. The Kier molecular flexibility index (Phi) is 4.55. The second kappa shape index (κ2) is 7.32. The normalized spacial score (nSPS) is 10.9. The molecule has 0 radical (unpaired) electrons. The first-order chi connectivity index (χ1) is 13.6. The van der Waals surface area contributed by atoms with Gasteiger partial charge in [-0.05, 0) is 17.2 Å². The van der Waals surface area contributed by atoms with Gasteiger partial charge < -0.3 is 10.2 Å². The van der Waals surface area contributed by atoms with Gasteiger partial charge in [0.15, 0.2) is 0 Å². The van der Waals surface area contributed by atoms with Crippen LogP contribution < -0.4 is 0 Å². The highest BCUT2D eigenvalue weighted by molar-refractivity contribution is 5.92. The largest absolute Gasteiger partial charge is 0.493 e. The summed E-state index contributed by atoms with van der Waals surface area (Å²) in [7, 11) is 0. The van der Waals surface area contributed by atoms with Crippen molar-refractivity contribution >= 4 is 5.97 Å². The molecular formula is C21H16N4O3. The van der Waals surface area contributed by atoms with E-state index in [1.54, 1.807) is 18.5 Å². The summed E-state index contributed by atoms with van der Waals surface area (Å²) in [4.78, 5) is 20.4. The number of aromatic nitrogens is 4. The number of hydrogen-bond donors (Lipinski definition) is 2. The lowest BCUT2D eigenvalue weighted by Gasteiger charge is -2.20. The molecule has 4 aromatic rings. The van der Waals surface area contributed by atoms with Crippen molar-refractivity contribution < 1.29 is 15.0 Å². The molecule has 2 heterocycles. The van der Waals surface area contributed by atoms with E-state index in [4.69, 9.17) is 0 Å². The Hall–Kier alpha value is -4.00. The number of carboxylic acids is 1. The summed E-state index contributed by atoms with van der Waals surface area (Å²) in [6.45, 7) is 0. The number of benzene rings is 2. The number of hydrogen-bond acceptors (Lipinski definition) is 5. The third-order valence-electron chi connectivity index (χ3n) is 4.37. The molecule has 0 amide bonds. The summed E-state index contributed by atoms with van der Waals surface area (Å²) in [6.07, 6.45) is 3.18. The van der Waals surface area contributed by atoms with Gasteiger partial charge in [0.25, 0.3) is 5.95 Å². The minimum Gasteiger partial charge on any atom is -0.493 e. The average Bonchev–Trinajstić information content (AvgIpc) is 3.24. The molecule has 7 nitrogen and oxygen atoms in total. The van der Waals surface area contributed by atoms with E-state index in [9.17, 15) is 15.0 Å². The van der Waals surface area contributed by atoms with Gasteiger partial charge >= 0.3 is 5.97 Å². The molecule has 2 N–H and O–H groups in total. The molecular weight excluding hydrogens is 356 g/mol. The smallest absolute Gasteiger partial charge is 0.343 e.